The summed E-state index contributed by atoms with van der Waals surface area (Å²) in [5.74, 6) is 0.664. The van der Waals surface area contributed by atoms with Crippen LogP contribution in [0, 0.1) is 5.92 Å². The summed E-state index contributed by atoms with van der Waals surface area (Å²) in [6.07, 6.45) is 3.22. The highest BCUT2D eigenvalue weighted by Crippen LogP contribution is 2.01. The smallest absolute Gasteiger partial charge is 0.00238 e. The fraction of sp³-hybridized carbons (Fsp3) is 0.667. The van der Waals surface area contributed by atoms with Crippen molar-refractivity contribution in [2.75, 3.05) is 0 Å². The Labute approximate surface area is 51.0 Å². The summed E-state index contributed by atoms with van der Waals surface area (Å²) >= 11 is 4.61. The Balaban J connectivity index is 3.16. The van der Waals surface area contributed by atoms with Gasteiger partial charge in [0.25, 0.3) is 0 Å². The number of hydrogen-bond donors (Lipinski definition) is 0. The number of allylic oxidation sites excluding steroid dienone is 1. The van der Waals surface area contributed by atoms with Gasteiger partial charge >= 0.3 is 0 Å². The van der Waals surface area contributed by atoms with Crippen molar-refractivity contribution < 1.29 is 0 Å². The topological polar surface area (TPSA) is 0 Å². The van der Waals surface area contributed by atoms with Crippen LogP contribution in [0.5, 0.6) is 0 Å². The lowest BCUT2D eigenvalue weighted by atomic mass is 10.1. The first kappa shape index (κ1) is 6.96. The Bertz CT molecular complexity index is 57.2. The first-order chi connectivity index (χ1) is 3.31. The van der Waals surface area contributed by atoms with Crippen molar-refractivity contribution in [1.82, 2.24) is 0 Å². The quantitative estimate of drug-likeness (QED) is 0.519. The Morgan fingerprint density at radius 2 is 2.29 bits per heavy atom. The largest absolute Gasteiger partial charge is 0.0891 e. The molecule has 0 heterocycles. The van der Waals surface area contributed by atoms with Crippen LogP contribution in [0.4, 0.5) is 0 Å². The zero-order valence-corrected chi connectivity index (χ0v) is 5.66. The molecule has 7 heavy (non-hydrogen) atoms. The lowest BCUT2D eigenvalue weighted by molar-refractivity contribution is 0.699. The van der Waals surface area contributed by atoms with Crippen LogP contribution in [0.15, 0.2) is 11.5 Å². The van der Waals surface area contributed by atoms with Crippen molar-refractivity contribution in [3.8, 4) is 0 Å². The summed E-state index contributed by atoms with van der Waals surface area (Å²) in [6.45, 7) is 4.31. The molecular weight excluding hydrogens is 104 g/mol. The van der Waals surface area contributed by atoms with Crippen molar-refractivity contribution in [1.29, 1.82) is 0 Å². The summed E-state index contributed by atoms with van der Waals surface area (Å²) in [5, 5.41) is 1.69. The molecule has 0 bridgehead atoms. The molecule has 0 spiro atoms. The van der Waals surface area contributed by atoms with Gasteiger partial charge in [0.1, 0.15) is 0 Å². The third kappa shape index (κ3) is 3.80. The molecule has 0 aliphatic rings. The molecule has 1 radical (unpaired) electrons. The van der Waals surface area contributed by atoms with Gasteiger partial charge in [-0.05, 0) is 11.3 Å². The monoisotopic (exact) mass is 115 g/mol. The van der Waals surface area contributed by atoms with Crippen LogP contribution in [0.25, 0.3) is 0 Å². The van der Waals surface area contributed by atoms with Crippen molar-refractivity contribution >= 4 is 12.6 Å². The molecule has 0 aliphatic heterocycles. The molecule has 0 N–H and O–H groups in total. The Kier molecular flexibility index (Phi) is 4.10. The molecular formula is C6H11S. The maximum Gasteiger partial charge on any atom is -0.00238 e. The number of hydrogen-bond acceptors (Lipinski definition) is 0. The van der Waals surface area contributed by atoms with Gasteiger partial charge in [0.15, 0.2) is 0 Å². The predicted octanol–water partition coefficient (Wildman–Crippen LogP) is 2.74. The van der Waals surface area contributed by atoms with Gasteiger partial charge in [-0.25, -0.2) is 0 Å². The molecule has 1 heteroatoms. The van der Waals surface area contributed by atoms with E-state index >= 15 is 0 Å². The molecule has 0 aromatic heterocycles. The van der Waals surface area contributed by atoms with Crippen molar-refractivity contribution in [3.63, 3.8) is 0 Å². The second kappa shape index (κ2) is 4.13. The zero-order valence-electron chi connectivity index (χ0n) is 4.85. The first-order valence-electron chi connectivity index (χ1n) is 2.60. The molecule has 0 amide bonds. The van der Waals surface area contributed by atoms with Gasteiger partial charge in [0, 0.05) is 0 Å². The third-order valence-corrected chi connectivity index (χ3v) is 1.21. The number of rotatable bonds is 2. The van der Waals surface area contributed by atoms with E-state index in [9.17, 15) is 0 Å². The summed E-state index contributed by atoms with van der Waals surface area (Å²) in [7, 11) is 0. The van der Waals surface area contributed by atoms with Crippen molar-refractivity contribution in [2.45, 2.75) is 20.3 Å². The van der Waals surface area contributed by atoms with Gasteiger partial charge < -0.3 is 0 Å². The predicted molar refractivity (Wildman–Crippen MR) is 36.2 cm³/mol. The molecule has 0 saturated carbocycles. The van der Waals surface area contributed by atoms with E-state index in [0.29, 0.717) is 5.92 Å². The highest BCUT2D eigenvalue weighted by molar-refractivity contribution is 7.83. The first-order valence-corrected chi connectivity index (χ1v) is 3.07. The third-order valence-electron chi connectivity index (χ3n) is 1.05. The molecule has 0 rings (SSSR count). The van der Waals surface area contributed by atoms with Crippen LogP contribution < -0.4 is 0 Å². The highest BCUT2D eigenvalue weighted by Gasteiger charge is 1.86. The SMILES string of the molecule is CCC(C)C=C[S]. The standard InChI is InChI=1S/C6H11S/c1-3-6(2)4-5-7/h4-6H,3H2,1-2H3. The minimum atomic E-state index is 0.664. The maximum atomic E-state index is 4.61. The average molecular weight is 115 g/mol. The normalized spacial score (nSPS) is 15.1. The van der Waals surface area contributed by atoms with E-state index in [4.69, 9.17) is 0 Å². The average Bonchev–Trinajstić information content (AvgIpc) is 1.68. The molecule has 1 unspecified atom stereocenters. The van der Waals surface area contributed by atoms with E-state index in [0.717, 1.165) is 0 Å². The van der Waals surface area contributed by atoms with Crippen molar-refractivity contribution in [3.05, 3.63) is 11.5 Å². The molecule has 0 saturated heterocycles. The zero-order chi connectivity index (χ0) is 5.70. The Morgan fingerprint density at radius 3 is 2.43 bits per heavy atom. The minimum Gasteiger partial charge on any atom is -0.0891 e. The minimum absolute atomic E-state index is 0.664. The van der Waals surface area contributed by atoms with E-state index < -0.39 is 0 Å². The van der Waals surface area contributed by atoms with E-state index in [-0.39, 0.29) is 0 Å². The van der Waals surface area contributed by atoms with Crippen LogP contribution in [0.1, 0.15) is 20.3 Å². The fourth-order valence-electron chi connectivity index (χ4n) is 0.270. The molecule has 0 nitrogen and oxygen atoms in total. The maximum absolute atomic E-state index is 4.61. The van der Waals surface area contributed by atoms with Crippen LogP contribution in [0.2, 0.25) is 0 Å². The summed E-state index contributed by atoms with van der Waals surface area (Å²) in [5.41, 5.74) is 0. The second-order valence-electron chi connectivity index (χ2n) is 1.71. The van der Waals surface area contributed by atoms with E-state index in [1.54, 1.807) is 5.41 Å². The highest BCUT2D eigenvalue weighted by atomic mass is 32.1. The molecule has 1 atom stereocenters. The summed E-state index contributed by atoms with van der Waals surface area (Å²) < 4.78 is 0. The lowest BCUT2D eigenvalue weighted by Gasteiger charge is -1.95. The van der Waals surface area contributed by atoms with E-state index in [1.807, 2.05) is 6.08 Å². The van der Waals surface area contributed by atoms with Gasteiger partial charge in [0.05, 0.1) is 0 Å². The molecule has 0 aromatic carbocycles. The van der Waals surface area contributed by atoms with Gasteiger partial charge in [-0.2, -0.15) is 0 Å². The summed E-state index contributed by atoms with van der Waals surface area (Å²) in [4.78, 5) is 0. The molecule has 0 aromatic rings. The van der Waals surface area contributed by atoms with E-state index in [1.165, 1.54) is 6.42 Å². The van der Waals surface area contributed by atoms with Gasteiger partial charge in [-0.15, -0.1) is 0 Å². The second-order valence-corrected chi connectivity index (χ2v) is 1.99. The van der Waals surface area contributed by atoms with Crippen molar-refractivity contribution in [2.24, 2.45) is 5.92 Å². The molecule has 0 fully saturated rings. The van der Waals surface area contributed by atoms with Crippen LogP contribution >= 0.6 is 12.6 Å². The Hall–Kier alpha value is -0.0400. The van der Waals surface area contributed by atoms with Crippen LogP contribution in [-0.4, -0.2) is 0 Å². The lowest BCUT2D eigenvalue weighted by Crippen LogP contribution is -1.81. The van der Waals surface area contributed by atoms with Gasteiger partial charge in [-0.1, -0.05) is 39.0 Å². The Morgan fingerprint density at radius 1 is 1.71 bits per heavy atom. The fourth-order valence-corrected chi connectivity index (χ4v) is 0.538. The van der Waals surface area contributed by atoms with Crippen LogP contribution in [-0.2, 0) is 0 Å². The van der Waals surface area contributed by atoms with E-state index in [2.05, 4.69) is 26.5 Å². The summed E-state index contributed by atoms with van der Waals surface area (Å²) in [6, 6.07) is 0. The molecule has 0 aliphatic carbocycles. The van der Waals surface area contributed by atoms with Gasteiger partial charge in [-0.3, -0.25) is 0 Å². The van der Waals surface area contributed by atoms with Crippen LogP contribution in [0.3, 0.4) is 0 Å². The molecule has 41 valence electrons. The van der Waals surface area contributed by atoms with Gasteiger partial charge in [0.2, 0.25) is 0 Å².